The molecule has 106 valence electrons. The van der Waals surface area contributed by atoms with Gasteiger partial charge in [-0.3, -0.25) is 0 Å². The van der Waals surface area contributed by atoms with Crippen LogP contribution < -0.4 is 16.0 Å². The molecule has 19 heavy (non-hydrogen) atoms. The number of nitrogens with one attached hydrogen (secondary N) is 1. The van der Waals surface area contributed by atoms with E-state index in [9.17, 15) is 0 Å². The van der Waals surface area contributed by atoms with E-state index in [4.69, 9.17) is 5.73 Å². The molecule has 1 aliphatic rings. The molecular formula is C13H24N6. The first-order chi connectivity index (χ1) is 9.19. The maximum atomic E-state index is 5.77. The van der Waals surface area contributed by atoms with Gasteiger partial charge in [0.2, 0.25) is 17.8 Å². The van der Waals surface area contributed by atoms with Crippen LogP contribution in [0.1, 0.15) is 46.0 Å². The molecular weight excluding hydrogens is 240 g/mol. The zero-order chi connectivity index (χ0) is 13.7. The van der Waals surface area contributed by atoms with Crippen molar-refractivity contribution in [3.63, 3.8) is 0 Å². The van der Waals surface area contributed by atoms with Crippen molar-refractivity contribution in [3.05, 3.63) is 0 Å². The lowest BCUT2D eigenvalue weighted by Crippen LogP contribution is -2.23. The highest BCUT2D eigenvalue weighted by atomic mass is 15.3. The largest absolute Gasteiger partial charge is 0.368 e. The van der Waals surface area contributed by atoms with Crippen molar-refractivity contribution in [3.8, 4) is 0 Å². The highest BCUT2D eigenvalue weighted by Crippen LogP contribution is 2.18. The Balaban J connectivity index is 2.03. The second-order valence-corrected chi connectivity index (χ2v) is 5.20. The summed E-state index contributed by atoms with van der Waals surface area (Å²) in [6, 6.07) is 0.355. The van der Waals surface area contributed by atoms with Gasteiger partial charge in [-0.1, -0.05) is 19.8 Å². The van der Waals surface area contributed by atoms with E-state index in [1.807, 2.05) is 0 Å². The minimum Gasteiger partial charge on any atom is -0.368 e. The highest BCUT2D eigenvalue weighted by molar-refractivity contribution is 5.42. The summed E-state index contributed by atoms with van der Waals surface area (Å²) in [6.45, 7) is 6.35. The van der Waals surface area contributed by atoms with Crippen molar-refractivity contribution < 1.29 is 0 Å². The van der Waals surface area contributed by atoms with Gasteiger partial charge < -0.3 is 16.0 Å². The molecule has 0 aromatic carbocycles. The molecule has 1 unspecified atom stereocenters. The van der Waals surface area contributed by atoms with Crippen LogP contribution in [0, 0.1) is 0 Å². The first-order valence-corrected chi connectivity index (χ1v) is 7.22. The zero-order valence-corrected chi connectivity index (χ0v) is 11.9. The topological polar surface area (TPSA) is 80.0 Å². The van der Waals surface area contributed by atoms with E-state index in [0.29, 0.717) is 23.9 Å². The molecule has 0 aliphatic carbocycles. The lowest BCUT2D eigenvalue weighted by molar-refractivity contribution is 0.640. The number of nitrogens with zero attached hydrogens (tertiary/aromatic N) is 4. The van der Waals surface area contributed by atoms with Crippen molar-refractivity contribution in [1.82, 2.24) is 15.0 Å². The molecule has 0 radical (unpaired) electrons. The van der Waals surface area contributed by atoms with Crippen molar-refractivity contribution in [1.29, 1.82) is 0 Å². The average Bonchev–Trinajstić information content (AvgIpc) is 2.89. The average molecular weight is 264 g/mol. The quantitative estimate of drug-likeness (QED) is 0.818. The van der Waals surface area contributed by atoms with E-state index in [1.54, 1.807) is 0 Å². The van der Waals surface area contributed by atoms with Gasteiger partial charge in [0.15, 0.2) is 0 Å². The smallest absolute Gasteiger partial charge is 0.231 e. The van der Waals surface area contributed by atoms with E-state index in [2.05, 4.69) is 39.0 Å². The number of hydrogen-bond donors (Lipinski definition) is 2. The predicted octanol–water partition coefficient (Wildman–Crippen LogP) is 2.04. The lowest BCUT2D eigenvalue weighted by Gasteiger charge is -2.18. The summed E-state index contributed by atoms with van der Waals surface area (Å²) in [5, 5.41) is 3.31. The van der Waals surface area contributed by atoms with Gasteiger partial charge in [-0.25, -0.2) is 0 Å². The number of hydrogen-bond acceptors (Lipinski definition) is 6. The van der Waals surface area contributed by atoms with Gasteiger partial charge >= 0.3 is 0 Å². The second-order valence-electron chi connectivity index (χ2n) is 5.20. The summed E-state index contributed by atoms with van der Waals surface area (Å²) in [6.07, 6.45) is 5.90. The van der Waals surface area contributed by atoms with Gasteiger partial charge in [-0.15, -0.1) is 0 Å². The summed E-state index contributed by atoms with van der Waals surface area (Å²) in [4.78, 5) is 15.0. The van der Waals surface area contributed by atoms with E-state index in [0.717, 1.165) is 19.5 Å². The van der Waals surface area contributed by atoms with Gasteiger partial charge in [0.25, 0.3) is 0 Å². The molecule has 2 heterocycles. The minimum absolute atomic E-state index is 0.294. The van der Waals surface area contributed by atoms with Gasteiger partial charge in [0.1, 0.15) is 0 Å². The Morgan fingerprint density at radius 2 is 2.00 bits per heavy atom. The molecule has 0 spiro atoms. The fourth-order valence-electron chi connectivity index (χ4n) is 2.31. The van der Waals surface area contributed by atoms with Gasteiger partial charge in [-0.05, 0) is 26.2 Å². The molecule has 1 fully saturated rings. The normalized spacial score (nSPS) is 16.6. The van der Waals surface area contributed by atoms with Crippen molar-refractivity contribution in [2.75, 3.05) is 29.0 Å². The van der Waals surface area contributed by atoms with Crippen LogP contribution in [-0.2, 0) is 0 Å². The SMILES string of the molecule is CCCCC(C)Nc1nc(N)nc(N2CCCC2)n1. The summed E-state index contributed by atoms with van der Waals surface area (Å²) >= 11 is 0. The van der Waals surface area contributed by atoms with Crippen LogP contribution in [0.5, 0.6) is 0 Å². The fraction of sp³-hybridized carbons (Fsp3) is 0.769. The zero-order valence-electron chi connectivity index (χ0n) is 11.9. The van der Waals surface area contributed by atoms with Crippen LogP contribution in [0.4, 0.5) is 17.8 Å². The van der Waals surface area contributed by atoms with Crippen LogP contribution in [-0.4, -0.2) is 34.1 Å². The number of unbranched alkanes of at least 4 members (excludes halogenated alkanes) is 1. The highest BCUT2D eigenvalue weighted by Gasteiger charge is 2.17. The third-order valence-electron chi connectivity index (χ3n) is 3.40. The Kier molecular flexibility index (Phi) is 4.76. The molecule has 3 N–H and O–H groups in total. The van der Waals surface area contributed by atoms with Gasteiger partial charge in [-0.2, -0.15) is 15.0 Å². The fourth-order valence-corrected chi connectivity index (χ4v) is 2.31. The molecule has 6 nitrogen and oxygen atoms in total. The van der Waals surface area contributed by atoms with Crippen LogP contribution in [0.2, 0.25) is 0 Å². The Labute approximate surface area is 114 Å². The summed E-state index contributed by atoms with van der Waals surface area (Å²) in [7, 11) is 0. The van der Waals surface area contributed by atoms with Crippen LogP contribution >= 0.6 is 0 Å². The molecule has 1 aromatic heterocycles. The van der Waals surface area contributed by atoms with Gasteiger partial charge in [0.05, 0.1) is 0 Å². The number of rotatable bonds is 6. The summed E-state index contributed by atoms with van der Waals surface area (Å²) in [5.41, 5.74) is 5.77. The van der Waals surface area contributed by atoms with Crippen LogP contribution in [0.15, 0.2) is 0 Å². The molecule has 0 saturated carbocycles. The Morgan fingerprint density at radius 1 is 1.26 bits per heavy atom. The minimum atomic E-state index is 0.294. The Hall–Kier alpha value is -1.59. The van der Waals surface area contributed by atoms with Crippen molar-refractivity contribution in [2.45, 2.75) is 52.0 Å². The lowest BCUT2D eigenvalue weighted by atomic mass is 10.1. The predicted molar refractivity (Wildman–Crippen MR) is 78.3 cm³/mol. The molecule has 1 aliphatic heterocycles. The number of anilines is 3. The standard InChI is InChI=1S/C13H24N6/c1-3-4-7-10(2)15-12-16-11(14)17-13(18-12)19-8-5-6-9-19/h10H,3-9H2,1-2H3,(H3,14,15,16,17,18). The van der Waals surface area contributed by atoms with Crippen LogP contribution in [0.25, 0.3) is 0 Å². The molecule has 1 saturated heterocycles. The number of nitrogens with two attached hydrogens (primary N) is 1. The van der Waals surface area contributed by atoms with Crippen molar-refractivity contribution >= 4 is 17.8 Å². The second kappa shape index (κ2) is 6.54. The molecule has 2 rings (SSSR count). The van der Waals surface area contributed by atoms with Crippen LogP contribution in [0.3, 0.4) is 0 Å². The van der Waals surface area contributed by atoms with E-state index < -0.39 is 0 Å². The molecule has 0 amide bonds. The molecule has 0 bridgehead atoms. The number of aromatic nitrogens is 3. The Morgan fingerprint density at radius 3 is 2.68 bits per heavy atom. The molecule has 1 aromatic rings. The van der Waals surface area contributed by atoms with E-state index in [-0.39, 0.29) is 0 Å². The maximum absolute atomic E-state index is 5.77. The summed E-state index contributed by atoms with van der Waals surface area (Å²) < 4.78 is 0. The molecule has 1 atom stereocenters. The summed E-state index contributed by atoms with van der Waals surface area (Å²) in [5.74, 6) is 1.59. The first-order valence-electron chi connectivity index (χ1n) is 7.22. The molecule has 6 heteroatoms. The monoisotopic (exact) mass is 264 g/mol. The Bertz CT molecular complexity index is 402. The van der Waals surface area contributed by atoms with E-state index >= 15 is 0 Å². The van der Waals surface area contributed by atoms with E-state index in [1.165, 1.54) is 25.7 Å². The first kappa shape index (κ1) is 13.8. The third kappa shape index (κ3) is 3.94. The third-order valence-corrected chi connectivity index (χ3v) is 3.40. The maximum Gasteiger partial charge on any atom is 0.231 e. The van der Waals surface area contributed by atoms with Gasteiger partial charge in [0, 0.05) is 19.1 Å². The van der Waals surface area contributed by atoms with Crippen molar-refractivity contribution in [2.24, 2.45) is 0 Å². The number of nitrogen functional groups attached to an aromatic ring is 1.